The number of carbonyl (C=O) groups excluding carboxylic acids is 4. The zero-order chi connectivity index (χ0) is 35.2. The number of benzene rings is 2. The molecule has 260 valence electrons. The van der Waals surface area contributed by atoms with Gasteiger partial charge in [0, 0.05) is 19.4 Å². The van der Waals surface area contributed by atoms with E-state index in [1.54, 1.807) is 20.8 Å². The Morgan fingerprint density at radius 2 is 1.62 bits per heavy atom. The summed E-state index contributed by atoms with van der Waals surface area (Å²) in [5.74, 6) is -5.36. The zero-order valence-electron chi connectivity index (χ0n) is 27.9. The van der Waals surface area contributed by atoms with E-state index in [2.05, 4.69) is 16.0 Å². The number of carbonyl (C=O) groups is 6. The van der Waals surface area contributed by atoms with Crippen LogP contribution in [-0.4, -0.2) is 87.0 Å². The summed E-state index contributed by atoms with van der Waals surface area (Å²) >= 11 is 0. The van der Waals surface area contributed by atoms with Crippen molar-refractivity contribution in [1.29, 1.82) is 0 Å². The van der Waals surface area contributed by atoms with Crippen LogP contribution >= 0.6 is 0 Å². The van der Waals surface area contributed by atoms with E-state index in [0.29, 0.717) is 6.42 Å². The number of amides is 4. The quantitative estimate of drug-likeness (QED) is 0.179. The van der Waals surface area contributed by atoms with E-state index in [4.69, 9.17) is 9.84 Å². The fraction of sp³-hybridized carbons (Fsp3) is 0.543. The number of ether oxygens (including phenoxy) is 1. The van der Waals surface area contributed by atoms with E-state index in [0.717, 1.165) is 16.3 Å². The topological polar surface area (TPSA) is 191 Å². The van der Waals surface area contributed by atoms with Gasteiger partial charge in [-0.2, -0.15) is 0 Å². The lowest BCUT2D eigenvalue weighted by Crippen LogP contribution is -2.60. The first kappa shape index (κ1) is 36.3. The van der Waals surface area contributed by atoms with Gasteiger partial charge in [0.15, 0.2) is 0 Å². The molecule has 48 heavy (non-hydrogen) atoms. The second-order valence-corrected chi connectivity index (χ2v) is 13.2. The van der Waals surface area contributed by atoms with Gasteiger partial charge < -0.3 is 35.8 Å². The third kappa shape index (κ3) is 8.68. The molecule has 13 nitrogen and oxygen atoms in total. The first-order valence-corrected chi connectivity index (χ1v) is 16.5. The third-order valence-corrected chi connectivity index (χ3v) is 9.33. The van der Waals surface area contributed by atoms with E-state index in [9.17, 15) is 33.9 Å². The van der Waals surface area contributed by atoms with Crippen LogP contribution in [0.4, 0.5) is 0 Å². The Labute approximate surface area is 279 Å². The van der Waals surface area contributed by atoms with Crippen LogP contribution < -0.4 is 16.0 Å². The van der Waals surface area contributed by atoms with Crippen LogP contribution in [0.3, 0.4) is 0 Å². The summed E-state index contributed by atoms with van der Waals surface area (Å²) in [6.45, 7) is 7.37. The molecule has 0 spiro atoms. The Morgan fingerprint density at radius 3 is 2.25 bits per heavy atom. The van der Waals surface area contributed by atoms with Gasteiger partial charge in [0.1, 0.15) is 23.7 Å². The van der Waals surface area contributed by atoms with Crippen LogP contribution in [0.15, 0.2) is 42.5 Å². The summed E-state index contributed by atoms with van der Waals surface area (Å²) in [6.07, 6.45) is -0.0120. The minimum absolute atomic E-state index is 0.0432. The standard InChI is InChI=1S/C35H46N4O9/c1-5-21(4)30(36-27(40)13-14-28(41)42)32(44)37-29(20(2)3)33(45)39-18-24(17-26(39)31(43)38-35(15-16-35)34(46)47)48-19-23-11-8-10-22-9-6-7-12-25(22)23/h6-12,20-21,24,26,29-30H,5,13-19H2,1-4H3,(H,36,40)(H,37,44)(H,38,43)(H,41,42)(H,46,47)/t21-,24+,26-,29-,30-/m0/s1. The van der Waals surface area contributed by atoms with Gasteiger partial charge in [-0.25, -0.2) is 4.79 Å². The second kappa shape index (κ2) is 15.6. The number of likely N-dealkylation sites (tertiary alicyclic amines) is 1. The highest BCUT2D eigenvalue weighted by Crippen LogP contribution is 2.36. The average Bonchev–Trinajstić information content (AvgIpc) is 3.72. The van der Waals surface area contributed by atoms with Crippen molar-refractivity contribution in [2.75, 3.05) is 6.54 Å². The Hall–Kier alpha value is -4.52. The van der Waals surface area contributed by atoms with Crippen molar-refractivity contribution < 1.29 is 43.7 Å². The largest absolute Gasteiger partial charge is 0.481 e. The molecule has 0 radical (unpaired) electrons. The third-order valence-electron chi connectivity index (χ3n) is 9.33. The molecule has 2 aromatic carbocycles. The Balaban J connectivity index is 1.53. The van der Waals surface area contributed by atoms with Crippen LogP contribution in [0.1, 0.15) is 71.8 Å². The number of nitrogens with zero attached hydrogens (tertiary/aromatic N) is 1. The fourth-order valence-corrected chi connectivity index (χ4v) is 5.98. The van der Waals surface area contributed by atoms with E-state index in [1.807, 2.05) is 49.4 Å². The normalized spacial score (nSPS) is 20.1. The van der Waals surface area contributed by atoms with Crippen LogP contribution in [0.2, 0.25) is 0 Å². The molecule has 0 aromatic heterocycles. The molecular weight excluding hydrogens is 620 g/mol. The van der Waals surface area contributed by atoms with Crippen LogP contribution in [0.5, 0.6) is 0 Å². The Bertz CT molecular complexity index is 1530. The molecule has 2 fully saturated rings. The number of fused-ring (bicyclic) bond motifs is 1. The molecule has 1 aliphatic heterocycles. The smallest absolute Gasteiger partial charge is 0.329 e. The molecule has 1 heterocycles. The highest BCUT2D eigenvalue weighted by molar-refractivity contribution is 5.97. The first-order valence-electron chi connectivity index (χ1n) is 16.5. The lowest BCUT2D eigenvalue weighted by Gasteiger charge is -2.32. The Morgan fingerprint density at radius 1 is 0.938 bits per heavy atom. The molecule has 0 unspecified atom stereocenters. The summed E-state index contributed by atoms with van der Waals surface area (Å²) in [4.78, 5) is 78.0. The predicted octanol–water partition coefficient (Wildman–Crippen LogP) is 2.60. The summed E-state index contributed by atoms with van der Waals surface area (Å²) in [7, 11) is 0. The number of carboxylic acids is 2. The maximum absolute atomic E-state index is 14.2. The molecule has 1 aliphatic carbocycles. The number of hydrogen-bond acceptors (Lipinski definition) is 7. The van der Waals surface area contributed by atoms with Crippen molar-refractivity contribution in [3.8, 4) is 0 Å². The van der Waals surface area contributed by atoms with Crippen molar-refractivity contribution in [2.24, 2.45) is 11.8 Å². The van der Waals surface area contributed by atoms with Gasteiger partial charge >= 0.3 is 11.9 Å². The summed E-state index contributed by atoms with van der Waals surface area (Å²) in [6, 6.07) is 10.6. The lowest BCUT2D eigenvalue weighted by molar-refractivity contribution is -0.146. The van der Waals surface area contributed by atoms with Gasteiger partial charge in [-0.15, -0.1) is 0 Å². The van der Waals surface area contributed by atoms with Gasteiger partial charge in [0.25, 0.3) is 0 Å². The molecule has 4 amide bonds. The van der Waals surface area contributed by atoms with E-state index >= 15 is 0 Å². The average molecular weight is 667 g/mol. The van der Waals surface area contributed by atoms with Gasteiger partial charge in [-0.1, -0.05) is 76.6 Å². The van der Waals surface area contributed by atoms with Gasteiger partial charge in [0.2, 0.25) is 23.6 Å². The lowest BCUT2D eigenvalue weighted by atomic mass is 9.96. The van der Waals surface area contributed by atoms with Gasteiger partial charge in [-0.05, 0) is 41.0 Å². The molecule has 0 bridgehead atoms. The van der Waals surface area contributed by atoms with Gasteiger partial charge in [-0.3, -0.25) is 24.0 Å². The maximum Gasteiger partial charge on any atom is 0.329 e. The van der Waals surface area contributed by atoms with E-state index in [1.165, 1.54) is 4.90 Å². The van der Waals surface area contributed by atoms with Crippen molar-refractivity contribution >= 4 is 46.3 Å². The molecule has 5 atom stereocenters. The minimum atomic E-state index is -1.36. The van der Waals surface area contributed by atoms with E-state index < -0.39 is 71.3 Å². The SMILES string of the molecule is CC[C@H](C)[C@H](NC(=O)CCC(=O)O)C(=O)N[C@H](C(=O)N1C[C@H](OCc2cccc3ccccc23)C[C@H]1C(=O)NC1(C(=O)O)CC1)C(C)C. The van der Waals surface area contributed by atoms with Gasteiger partial charge in [0.05, 0.1) is 19.1 Å². The number of hydrogen-bond donors (Lipinski definition) is 5. The maximum atomic E-state index is 14.2. The van der Waals surface area contributed by atoms with Crippen molar-refractivity contribution in [2.45, 2.75) is 103 Å². The molecule has 2 aliphatic rings. The highest BCUT2D eigenvalue weighted by Gasteiger charge is 2.54. The summed E-state index contributed by atoms with van der Waals surface area (Å²) in [5, 5.41) is 28.7. The van der Waals surface area contributed by atoms with Crippen LogP contribution in [0, 0.1) is 11.8 Å². The monoisotopic (exact) mass is 666 g/mol. The van der Waals surface area contributed by atoms with Crippen molar-refractivity contribution in [3.63, 3.8) is 0 Å². The molecule has 1 saturated heterocycles. The van der Waals surface area contributed by atoms with E-state index in [-0.39, 0.29) is 51.2 Å². The van der Waals surface area contributed by atoms with Crippen molar-refractivity contribution in [3.05, 3.63) is 48.0 Å². The summed E-state index contributed by atoms with van der Waals surface area (Å²) in [5.41, 5.74) is -0.419. The molecule has 1 saturated carbocycles. The Kier molecular flexibility index (Phi) is 11.8. The summed E-state index contributed by atoms with van der Waals surface area (Å²) < 4.78 is 6.27. The molecule has 5 N–H and O–H groups in total. The first-order chi connectivity index (χ1) is 22.8. The minimum Gasteiger partial charge on any atom is -0.481 e. The molecule has 4 rings (SSSR count). The highest BCUT2D eigenvalue weighted by atomic mass is 16.5. The molecule has 2 aromatic rings. The molecular formula is C35H46N4O9. The van der Waals surface area contributed by atoms with Crippen LogP contribution in [-0.2, 0) is 40.1 Å². The number of carboxylic acid groups (broad SMARTS) is 2. The van der Waals surface area contributed by atoms with Crippen molar-refractivity contribution in [1.82, 2.24) is 20.9 Å². The number of nitrogens with one attached hydrogen (secondary N) is 3. The fourth-order valence-electron chi connectivity index (χ4n) is 5.98. The van der Waals surface area contributed by atoms with Crippen LogP contribution in [0.25, 0.3) is 10.8 Å². The second-order valence-electron chi connectivity index (χ2n) is 13.2. The molecule has 13 heteroatoms. The number of rotatable bonds is 16. The predicted molar refractivity (Wildman–Crippen MR) is 175 cm³/mol. The number of aliphatic carboxylic acids is 2. The zero-order valence-corrected chi connectivity index (χ0v) is 27.9.